The van der Waals surface area contributed by atoms with E-state index in [9.17, 15) is 9.90 Å². The van der Waals surface area contributed by atoms with Crippen LogP contribution in [0.3, 0.4) is 0 Å². The molecule has 2 aromatic carbocycles. The summed E-state index contributed by atoms with van der Waals surface area (Å²) in [5.41, 5.74) is 3.40. The average Bonchev–Trinajstić information content (AvgIpc) is 2.72. The van der Waals surface area contributed by atoms with Gasteiger partial charge in [0.1, 0.15) is 0 Å². The van der Waals surface area contributed by atoms with Crippen molar-refractivity contribution in [2.75, 3.05) is 32.0 Å². The highest BCUT2D eigenvalue weighted by atomic mass is 16.3. The molecule has 1 saturated heterocycles. The molecule has 2 N–H and O–H groups in total. The van der Waals surface area contributed by atoms with Crippen LogP contribution in [-0.4, -0.2) is 42.5 Å². The van der Waals surface area contributed by atoms with Gasteiger partial charge in [0.15, 0.2) is 5.78 Å². The van der Waals surface area contributed by atoms with Gasteiger partial charge in [-0.3, -0.25) is 4.79 Å². The number of hydrogen-bond donors (Lipinski definition) is 2. The highest BCUT2D eigenvalue weighted by Crippen LogP contribution is 2.34. The smallest absolute Gasteiger partial charge is 0.167 e. The molecule has 4 nitrogen and oxygen atoms in total. The molecule has 1 aliphatic carbocycles. The Labute approximate surface area is 161 Å². The molecule has 4 rings (SSSR count). The van der Waals surface area contributed by atoms with Crippen molar-refractivity contribution in [2.45, 2.75) is 31.3 Å². The van der Waals surface area contributed by atoms with Gasteiger partial charge >= 0.3 is 0 Å². The molecule has 0 amide bonds. The second kappa shape index (κ2) is 7.45. The van der Waals surface area contributed by atoms with Gasteiger partial charge in [-0.1, -0.05) is 30.3 Å². The highest BCUT2D eigenvalue weighted by Gasteiger charge is 2.36. The molecule has 1 unspecified atom stereocenters. The van der Waals surface area contributed by atoms with Crippen molar-refractivity contribution in [3.8, 4) is 0 Å². The van der Waals surface area contributed by atoms with Gasteiger partial charge in [-0.05, 0) is 55.0 Å². The number of aliphatic hydroxyl groups is 1. The van der Waals surface area contributed by atoms with Gasteiger partial charge in [0, 0.05) is 43.9 Å². The van der Waals surface area contributed by atoms with Gasteiger partial charge < -0.3 is 15.3 Å². The Morgan fingerprint density at radius 1 is 1.15 bits per heavy atom. The molecule has 0 bridgehead atoms. The fourth-order valence-electron chi connectivity index (χ4n) is 4.51. The predicted octanol–water partition coefficient (Wildman–Crippen LogP) is 3.46. The molecule has 1 heterocycles. The number of carbonyl (C=O) groups is 1. The first-order chi connectivity index (χ1) is 13.1. The molecule has 27 heavy (non-hydrogen) atoms. The van der Waals surface area contributed by atoms with E-state index in [2.05, 4.69) is 16.3 Å². The Kier molecular flexibility index (Phi) is 5.02. The summed E-state index contributed by atoms with van der Waals surface area (Å²) < 4.78 is 0. The Balaban J connectivity index is 1.39. The van der Waals surface area contributed by atoms with E-state index in [1.54, 1.807) is 0 Å². The van der Waals surface area contributed by atoms with Crippen molar-refractivity contribution in [1.82, 2.24) is 4.90 Å². The molecular weight excluding hydrogens is 336 g/mol. The van der Waals surface area contributed by atoms with E-state index < -0.39 is 5.60 Å². The lowest BCUT2D eigenvalue weighted by Gasteiger charge is -2.40. The lowest BCUT2D eigenvalue weighted by atomic mass is 9.81. The first-order valence-electron chi connectivity index (χ1n) is 9.94. The monoisotopic (exact) mass is 364 g/mol. The predicted molar refractivity (Wildman–Crippen MR) is 108 cm³/mol. The standard InChI is InChI=1S/C23H28N2O2/c1-24-20-9-10-21-17(15-20)7-8-18(22(21)26)16-25-13-11-23(27,12-14-25)19-5-3-2-4-6-19/h2-6,9-10,15,18,24,27H,7-8,11-14,16H2,1H3. The number of nitrogens with one attached hydrogen (secondary N) is 1. The summed E-state index contributed by atoms with van der Waals surface area (Å²) >= 11 is 0. The first kappa shape index (κ1) is 18.2. The van der Waals surface area contributed by atoms with E-state index in [-0.39, 0.29) is 11.7 Å². The largest absolute Gasteiger partial charge is 0.388 e. The zero-order valence-corrected chi connectivity index (χ0v) is 15.9. The van der Waals surface area contributed by atoms with Crippen molar-refractivity contribution in [3.05, 3.63) is 65.2 Å². The van der Waals surface area contributed by atoms with Crippen molar-refractivity contribution in [2.24, 2.45) is 5.92 Å². The van der Waals surface area contributed by atoms with Crippen LogP contribution in [-0.2, 0) is 12.0 Å². The number of likely N-dealkylation sites (tertiary alicyclic amines) is 1. The lowest BCUT2D eigenvalue weighted by Crippen LogP contribution is -2.45. The maximum atomic E-state index is 12.9. The van der Waals surface area contributed by atoms with Crippen molar-refractivity contribution >= 4 is 11.5 Å². The number of Topliss-reactive ketones (excluding diaryl/α,β-unsaturated/α-hetero) is 1. The minimum Gasteiger partial charge on any atom is -0.388 e. The summed E-state index contributed by atoms with van der Waals surface area (Å²) in [4.78, 5) is 15.3. The van der Waals surface area contributed by atoms with E-state index in [4.69, 9.17) is 0 Å². The van der Waals surface area contributed by atoms with E-state index >= 15 is 0 Å². The first-order valence-corrected chi connectivity index (χ1v) is 9.94. The molecule has 0 radical (unpaired) electrons. The van der Waals surface area contributed by atoms with Crippen LogP contribution in [0.15, 0.2) is 48.5 Å². The lowest BCUT2D eigenvalue weighted by molar-refractivity contribution is -0.0283. The minimum atomic E-state index is -0.732. The molecule has 1 fully saturated rings. The second-order valence-corrected chi connectivity index (χ2v) is 7.92. The van der Waals surface area contributed by atoms with E-state index in [0.717, 1.165) is 62.1 Å². The molecule has 0 spiro atoms. The number of rotatable bonds is 4. The van der Waals surface area contributed by atoms with Gasteiger partial charge in [-0.2, -0.15) is 0 Å². The Morgan fingerprint density at radius 3 is 2.59 bits per heavy atom. The number of ketones is 1. The number of piperidine rings is 1. The fourth-order valence-corrected chi connectivity index (χ4v) is 4.51. The Hall–Kier alpha value is -2.17. The van der Waals surface area contributed by atoms with Gasteiger partial charge in [0.25, 0.3) is 0 Å². The molecule has 1 aliphatic heterocycles. The van der Waals surface area contributed by atoms with Gasteiger partial charge in [-0.15, -0.1) is 0 Å². The van der Waals surface area contributed by atoms with Crippen LogP contribution < -0.4 is 5.32 Å². The SMILES string of the molecule is CNc1ccc2c(c1)CCC(CN1CCC(O)(c3ccccc3)CC1)C2=O. The van der Waals surface area contributed by atoms with Crippen molar-refractivity contribution in [3.63, 3.8) is 0 Å². The number of fused-ring (bicyclic) bond motifs is 1. The maximum absolute atomic E-state index is 12.9. The number of nitrogens with zero attached hydrogens (tertiary/aromatic N) is 1. The molecule has 1 atom stereocenters. The third-order valence-electron chi connectivity index (χ3n) is 6.27. The summed E-state index contributed by atoms with van der Waals surface area (Å²) in [5.74, 6) is 0.351. The number of anilines is 1. The van der Waals surface area contributed by atoms with E-state index in [1.165, 1.54) is 5.56 Å². The van der Waals surface area contributed by atoms with Gasteiger partial charge in [-0.25, -0.2) is 0 Å². The average molecular weight is 364 g/mol. The summed E-state index contributed by atoms with van der Waals surface area (Å²) in [7, 11) is 1.90. The number of carbonyl (C=O) groups excluding carboxylic acids is 1. The third kappa shape index (κ3) is 3.64. The number of hydrogen-bond acceptors (Lipinski definition) is 4. The highest BCUT2D eigenvalue weighted by molar-refractivity contribution is 6.00. The molecule has 0 aromatic heterocycles. The number of benzene rings is 2. The summed E-state index contributed by atoms with van der Waals surface area (Å²) in [6.45, 7) is 2.47. The quantitative estimate of drug-likeness (QED) is 0.872. The van der Waals surface area contributed by atoms with Gasteiger partial charge in [0.2, 0.25) is 0 Å². The van der Waals surface area contributed by atoms with Crippen LogP contribution in [0.5, 0.6) is 0 Å². The van der Waals surface area contributed by atoms with Crippen LogP contribution in [0, 0.1) is 5.92 Å². The maximum Gasteiger partial charge on any atom is 0.167 e. The van der Waals surface area contributed by atoms with Crippen LogP contribution in [0.4, 0.5) is 5.69 Å². The Bertz CT molecular complexity index is 810. The summed E-state index contributed by atoms with van der Waals surface area (Å²) in [5, 5.41) is 14.1. The van der Waals surface area contributed by atoms with Crippen molar-refractivity contribution in [1.29, 1.82) is 0 Å². The van der Waals surface area contributed by atoms with Crippen molar-refractivity contribution < 1.29 is 9.90 Å². The number of aryl methyl sites for hydroxylation is 1. The van der Waals surface area contributed by atoms with Crippen LogP contribution in [0.25, 0.3) is 0 Å². The normalized spacial score (nSPS) is 22.3. The van der Waals surface area contributed by atoms with Crippen LogP contribution in [0.2, 0.25) is 0 Å². The fraction of sp³-hybridized carbons (Fsp3) is 0.435. The van der Waals surface area contributed by atoms with Crippen LogP contribution in [0.1, 0.15) is 40.7 Å². The molecular formula is C23H28N2O2. The molecule has 0 saturated carbocycles. The summed E-state index contributed by atoms with van der Waals surface area (Å²) in [6, 6.07) is 16.0. The Morgan fingerprint density at radius 2 is 1.89 bits per heavy atom. The minimum absolute atomic E-state index is 0.0702. The molecule has 142 valence electrons. The van der Waals surface area contributed by atoms with Crippen LogP contribution >= 0.6 is 0 Å². The third-order valence-corrected chi connectivity index (χ3v) is 6.27. The van der Waals surface area contributed by atoms with Gasteiger partial charge in [0.05, 0.1) is 5.60 Å². The topological polar surface area (TPSA) is 52.6 Å². The molecule has 4 heteroatoms. The molecule has 2 aliphatic rings. The summed E-state index contributed by atoms with van der Waals surface area (Å²) in [6.07, 6.45) is 3.32. The zero-order valence-electron chi connectivity index (χ0n) is 15.9. The zero-order chi connectivity index (χ0) is 18.9. The van der Waals surface area contributed by atoms with E-state index in [0.29, 0.717) is 0 Å². The van der Waals surface area contributed by atoms with E-state index in [1.807, 2.05) is 49.5 Å². The second-order valence-electron chi connectivity index (χ2n) is 7.92. The molecule has 2 aromatic rings.